The topological polar surface area (TPSA) is 141 Å². The molecule has 0 radical (unpaired) electrons. The van der Waals surface area contributed by atoms with Crippen LogP contribution in [0.25, 0.3) is 0 Å². The number of ether oxygens (including phenoxy) is 4. The minimum Gasteiger partial charge on any atom is -0.452 e. The first-order chi connectivity index (χ1) is 22.4. The third-order valence-electron chi connectivity index (χ3n) is 8.33. The van der Waals surface area contributed by atoms with Crippen LogP contribution < -0.4 is 21.3 Å². The number of imide groups is 1. The monoisotopic (exact) mass is 630 g/mol. The molecule has 244 valence electrons. The number of alkyl carbamates (subject to hydrolysis) is 1. The Morgan fingerprint density at radius 2 is 1.65 bits per heavy atom. The molecular formula is C35H42N4O7. The van der Waals surface area contributed by atoms with E-state index in [1.54, 1.807) is 12.1 Å². The molecular weight excluding hydrogens is 588 g/mol. The molecule has 0 bridgehead atoms. The van der Waals surface area contributed by atoms with Crippen molar-refractivity contribution in [1.82, 2.24) is 10.6 Å². The summed E-state index contributed by atoms with van der Waals surface area (Å²) < 4.78 is 21.8. The van der Waals surface area contributed by atoms with Crippen LogP contribution >= 0.6 is 0 Å². The van der Waals surface area contributed by atoms with Crippen LogP contribution in [0.1, 0.15) is 35.4 Å². The van der Waals surface area contributed by atoms with Crippen LogP contribution in [0.5, 0.6) is 0 Å². The number of methoxy groups -OCH3 is 1. The Morgan fingerprint density at radius 1 is 0.978 bits per heavy atom. The largest absolute Gasteiger partial charge is 0.452 e. The van der Waals surface area contributed by atoms with Gasteiger partial charge in [0.15, 0.2) is 0 Å². The number of hydrogen-bond acceptors (Lipinski definition) is 9. The van der Waals surface area contributed by atoms with Crippen LogP contribution in [0.4, 0.5) is 15.3 Å². The number of hydrogen-bond donors (Lipinski definition) is 3. The van der Waals surface area contributed by atoms with E-state index in [-0.39, 0.29) is 18.2 Å². The zero-order chi connectivity index (χ0) is 32.3. The van der Waals surface area contributed by atoms with Gasteiger partial charge in [0.25, 0.3) is 5.91 Å². The molecule has 46 heavy (non-hydrogen) atoms. The van der Waals surface area contributed by atoms with E-state index in [9.17, 15) is 14.4 Å². The number of para-hydroxylation sites is 1. The fourth-order valence-electron chi connectivity index (χ4n) is 5.86. The smallest absolute Gasteiger partial charge is 0.420 e. The second kappa shape index (κ2) is 16.3. The van der Waals surface area contributed by atoms with Gasteiger partial charge in [-0.25, -0.2) is 14.5 Å². The van der Waals surface area contributed by atoms with Gasteiger partial charge in [-0.05, 0) is 35.6 Å². The molecule has 2 saturated heterocycles. The predicted octanol–water partition coefficient (Wildman–Crippen LogP) is 3.75. The average molecular weight is 631 g/mol. The van der Waals surface area contributed by atoms with E-state index in [1.807, 2.05) is 72.8 Å². The highest BCUT2D eigenvalue weighted by atomic mass is 16.6. The summed E-state index contributed by atoms with van der Waals surface area (Å²) >= 11 is 0. The Labute approximate surface area is 269 Å². The number of aryl methyl sites for hydroxylation is 1. The second-order valence-corrected chi connectivity index (χ2v) is 11.5. The van der Waals surface area contributed by atoms with E-state index >= 15 is 0 Å². The second-order valence-electron chi connectivity index (χ2n) is 11.5. The van der Waals surface area contributed by atoms with Gasteiger partial charge >= 0.3 is 12.2 Å². The summed E-state index contributed by atoms with van der Waals surface area (Å²) in [6, 6.07) is 25.3. The number of morpholine rings is 1. The van der Waals surface area contributed by atoms with Crippen LogP contribution in [0.2, 0.25) is 0 Å². The van der Waals surface area contributed by atoms with Gasteiger partial charge in [0.1, 0.15) is 6.10 Å². The molecule has 11 heteroatoms. The lowest BCUT2D eigenvalue weighted by Crippen LogP contribution is -2.52. The highest BCUT2D eigenvalue weighted by Crippen LogP contribution is 2.31. The summed E-state index contributed by atoms with van der Waals surface area (Å²) in [6.45, 7) is 2.42. The van der Waals surface area contributed by atoms with E-state index < -0.39 is 30.1 Å². The molecule has 3 aromatic rings. The Balaban J connectivity index is 1.23. The number of anilines is 1. The number of amides is 3. The molecule has 4 N–H and O–H groups in total. The number of benzene rings is 3. The van der Waals surface area contributed by atoms with Crippen LogP contribution in [-0.2, 0) is 30.2 Å². The van der Waals surface area contributed by atoms with Crippen molar-refractivity contribution in [2.75, 3.05) is 44.9 Å². The number of nitrogens with two attached hydrogens (primary N) is 1. The van der Waals surface area contributed by atoms with Crippen LogP contribution in [0.3, 0.4) is 0 Å². The molecule has 0 spiro atoms. The van der Waals surface area contributed by atoms with Crippen molar-refractivity contribution < 1.29 is 33.3 Å². The molecule has 2 fully saturated rings. The van der Waals surface area contributed by atoms with E-state index in [1.165, 1.54) is 7.11 Å². The van der Waals surface area contributed by atoms with Crippen molar-refractivity contribution in [2.24, 2.45) is 5.73 Å². The van der Waals surface area contributed by atoms with E-state index in [0.29, 0.717) is 57.9 Å². The van der Waals surface area contributed by atoms with Crippen molar-refractivity contribution in [3.05, 3.63) is 102 Å². The number of nitrogens with zero attached hydrogens (tertiary/aromatic N) is 1. The Morgan fingerprint density at radius 3 is 2.26 bits per heavy atom. The number of nitrogens with one attached hydrogen (secondary N) is 2. The van der Waals surface area contributed by atoms with Crippen molar-refractivity contribution in [3.63, 3.8) is 0 Å². The minimum atomic E-state index is -1.07. The maximum Gasteiger partial charge on any atom is 0.420 e. The molecule has 5 rings (SSSR count). The number of rotatable bonds is 11. The molecule has 3 amide bonds. The van der Waals surface area contributed by atoms with Gasteiger partial charge in [0, 0.05) is 31.5 Å². The summed E-state index contributed by atoms with van der Waals surface area (Å²) in [7, 11) is 1.25. The lowest BCUT2D eigenvalue weighted by atomic mass is 9.84. The Bertz CT molecular complexity index is 1390. The van der Waals surface area contributed by atoms with Gasteiger partial charge in [0.2, 0.25) is 0 Å². The molecule has 3 aromatic carbocycles. The van der Waals surface area contributed by atoms with Crippen LogP contribution in [0.15, 0.2) is 84.9 Å². The first kappa shape index (κ1) is 33.1. The standard InChI is InChI=1S/C35H42N4O7/c1-43-35(42)39(33(40)32(36)31(25-11-4-2-5-12-25)26-13-6-3-7-14-26)30-15-9-8-10-24(30)16-17-28-21-37-27(22-45-28)20-38-34(41)46-29-18-19-44-23-29/h2-15,27-29,31-32,37H,16-23,36H2,1H3,(H,38,41)/t27-,28-,29?,32+/m1/s1. The van der Waals surface area contributed by atoms with Gasteiger partial charge in [-0.3, -0.25) is 4.79 Å². The predicted molar refractivity (Wildman–Crippen MR) is 173 cm³/mol. The maximum atomic E-state index is 14.2. The van der Waals surface area contributed by atoms with Gasteiger partial charge < -0.3 is 35.3 Å². The van der Waals surface area contributed by atoms with E-state index in [4.69, 9.17) is 24.7 Å². The van der Waals surface area contributed by atoms with Crippen molar-refractivity contribution in [3.8, 4) is 0 Å². The van der Waals surface area contributed by atoms with Crippen LogP contribution in [0, 0.1) is 0 Å². The number of carbonyl (C=O) groups excluding carboxylic acids is 3. The summed E-state index contributed by atoms with van der Waals surface area (Å²) in [5.74, 6) is -1.06. The lowest BCUT2D eigenvalue weighted by molar-refractivity contribution is -0.119. The van der Waals surface area contributed by atoms with E-state index in [0.717, 1.165) is 21.6 Å². The van der Waals surface area contributed by atoms with Gasteiger partial charge in [0.05, 0.1) is 44.8 Å². The fourth-order valence-corrected chi connectivity index (χ4v) is 5.86. The Kier molecular flexibility index (Phi) is 11.7. The van der Waals surface area contributed by atoms with Gasteiger partial charge in [-0.2, -0.15) is 0 Å². The summed E-state index contributed by atoms with van der Waals surface area (Å²) in [4.78, 5) is 40.5. The quantitative estimate of drug-likeness (QED) is 0.289. The van der Waals surface area contributed by atoms with Gasteiger partial charge in [-0.15, -0.1) is 0 Å². The molecule has 4 atom stereocenters. The highest BCUT2D eigenvalue weighted by Gasteiger charge is 2.36. The summed E-state index contributed by atoms with van der Waals surface area (Å²) in [5.41, 5.74) is 9.67. The molecule has 2 heterocycles. The maximum absolute atomic E-state index is 14.2. The zero-order valence-corrected chi connectivity index (χ0v) is 26.0. The third kappa shape index (κ3) is 8.49. The molecule has 1 unspecified atom stereocenters. The zero-order valence-electron chi connectivity index (χ0n) is 26.0. The van der Waals surface area contributed by atoms with Crippen molar-refractivity contribution >= 4 is 23.8 Å². The van der Waals surface area contributed by atoms with Crippen LogP contribution in [-0.4, -0.2) is 82.4 Å². The van der Waals surface area contributed by atoms with Crippen molar-refractivity contribution in [2.45, 2.75) is 49.5 Å². The molecule has 0 aromatic heterocycles. The normalized spacial score (nSPS) is 20.1. The molecule has 0 aliphatic carbocycles. The molecule has 11 nitrogen and oxygen atoms in total. The number of carbonyl (C=O) groups is 3. The molecule has 0 saturated carbocycles. The lowest BCUT2D eigenvalue weighted by Gasteiger charge is -2.31. The van der Waals surface area contributed by atoms with Crippen molar-refractivity contribution in [1.29, 1.82) is 0 Å². The summed E-state index contributed by atoms with van der Waals surface area (Å²) in [6.07, 6.45) is 0.327. The molecule has 2 aliphatic heterocycles. The summed E-state index contributed by atoms with van der Waals surface area (Å²) in [5, 5.41) is 6.21. The SMILES string of the molecule is COC(=O)N(C(=O)[C@@H](N)C(c1ccccc1)c1ccccc1)c1ccccc1CC[C@@H]1CN[C@H](CNC(=O)OC2CCOC2)CO1. The third-order valence-corrected chi connectivity index (χ3v) is 8.33. The average Bonchev–Trinajstić information content (AvgIpc) is 3.61. The Hall–Kier alpha value is -4.29. The molecule has 2 aliphatic rings. The fraction of sp³-hybridized carbons (Fsp3) is 0.400. The highest BCUT2D eigenvalue weighted by molar-refractivity contribution is 6.15. The minimum absolute atomic E-state index is 0.0491. The van der Waals surface area contributed by atoms with E-state index in [2.05, 4.69) is 10.6 Å². The first-order valence-electron chi connectivity index (χ1n) is 15.7. The first-order valence-corrected chi connectivity index (χ1v) is 15.7. The van der Waals surface area contributed by atoms with Gasteiger partial charge in [-0.1, -0.05) is 78.9 Å².